The number of aromatic nitrogens is 2. The Bertz CT molecular complexity index is 359. The predicted molar refractivity (Wildman–Crippen MR) is 53.9 cm³/mol. The van der Waals surface area contributed by atoms with E-state index in [9.17, 15) is 4.79 Å². The number of nitrogens with two attached hydrogens (primary N) is 1. The standard InChI is InChI=1S/C9H15N3O2/c1-5(2)8(14-3)9-11-6(10)4-7(13)12-9/h4-5,8H,1-3H3,(H3,10,11,12,13). The Balaban J connectivity index is 3.10. The predicted octanol–water partition coefficient (Wildman–Crippen LogP) is 0.696. The van der Waals surface area contributed by atoms with Crippen LogP contribution in [0.4, 0.5) is 5.82 Å². The second-order valence-electron chi connectivity index (χ2n) is 3.46. The van der Waals surface area contributed by atoms with Crippen molar-refractivity contribution >= 4 is 5.82 Å². The van der Waals surface area contributed by atoms with Crippen LogP contribution in [0.5, 0.6) is 0 Å². The molecule has 0 amide bonds. The van der Waals surface area contributed by atoms with Crippen molar-refractivity contribution in [2.24, 2.45) is 5.92 Å². The van der Waals surface area contributed by atoms with Crippen LogP contribution in [0, 0.1) is 5.92 Å². The van der Waals surface area contributed by atoms with E-state index in [4.69, 9.17) is 10.5 Å². The van der Waals surface area contributed by atoms with Crippen molar-refractivity contribution in [3.63, 3.8) is 0 Å². The van der Waals surface area contributed by atoms with Gasteiger partial charge in [-0.15, -0.1) is 0 Å². The number of anilines is 1. The van der Waals surface area contributed by atoms with Crippen molar-refractivity contribution in [3.05, 3.63) is 22.2 Å². The molecule has 1 heterocycles. The van der Waals surface area contributed by atoms with E-state index in [0.717, 1.165) is 0 Å². The summed E-state index contributed by atoms with van der Waals surface area (Å²) in [4.78, 5) is 17.8. The van der Waals surface area contributed by atoms with Crippen LogP contribution >= 0.6 is 0 Å². The van der Waals surface area contributed by atoms with Crippen molar-refractivity contribution in [1.29, 1.82) is 0 Å². The summed E-state index contributed by atoms with van der Waals surface area (Å²) in [5.41, 5.74) is 5.21. The van der Waals surface area contributed by atoms with Crippen LogP contribution < -0.4 is 11.3 Å². The van der Waals surface area contributed by atoms with Gasteiger partial charge in [0.25, 0.3) is 5.56 Å². The monoisotopic (exact) mass is 197 g/mol. The van der Waals surface area contributed by atoms with Crippen molar-refractivity contribution < 1.29 is 4.74 Å². The average Bonchev–Trinajstić information content (AvgIpc) is 2.02. The Hall–Kier alpha value is -1.36. The number of hydrogen-bond donors (Lipinski definition) is 2. The summed E-state index contributed by atoms with van der Waals surface area (Å²) in [6.45, 7) is 3.97. The fraction of sp³-hybridized carbons (Fsp3) is 0.556. The molecule has 3 N–H and O–H groups in total. The molecular weight excluding hydrogens is 182 g/mol. The van der Waals surface area contributed by atoms with Crippen molar-refractivity contribution in [3.8, 4) is 0 Å². The summed E-state index contributed by atoms with van der Waals surface area (Å²) in [5, 5.41) is 0. The van der Waals surface area contributed by atoms with Crippen LogP contribution in [0.15, 0.2) is 10.9 Å². The largest absolute Gasteiger partial charge is 0.383 e. The maximum absolute atomic E-state index is 11.1. The molecule has 0 radical (unpaired) electrons. The van der Waals surface area contributed by atoms with Crippen LogP contribution in [0.1, 0.15) is 25.8 Å². The van der Waals surface area contributed by atoms with Crippen molar-refractivity contribution in [2.45, 2.75) is 20.0 Å². The number of aromatic amines is 1. The molecule has 0 fully saturated rings. The summed E-state index contributed by atoms with van der Waals surface area (Å²) in [6, 6.07) is 1.25. The smallest absolute Gasteiger partial charge is 0.253 e. The van der Waals surface area contributed by atoms with E-state index >= 15 is 0 Å². The van der Waals surface area contributed by atoms with Gasteiger partial charge in [-0.3, -0.25) is 4.79 Å². The van der Waals surface area contributed by atoms with E-state index in [1.54, 1.807) is 7.11 Å². The fourth-order valence-corrected chi connectivity index (χ4v) is 1.33. The molecule has 14 heavy (non-hydrogen) atoms. The molecule has 0 spiro atoms. The lowest BCUT2D eigenvalue weighted by atomic mass is 10.1. The molecule has 0 aliphatic carbocycles. The maximum atomic E-state index is 11.1. The van der Waals surface area contributed by atoms with Gasteiger partial charge in [-0.1, -0.05) is 13.8 Å². The van der Waals surface area contributed by atoms with Gasteiger partial charge in [0.1, 0.15) is 17.7 Å². The lowest BCUT2D eigenvalue weighted by Gasteiger charge is -2.17. The molecule has 1 aromatic rings. The van der Waals surface area contributed by atoms with Gasteiger partial charge < -0.3 is 15.5 Å². The van der Waals surface area contributed by atoms with Crippen LogP contribution in [0.2, 0.25) is 0 Å². The third-order valence-corrected chi connectivity index (χ3v) is 1.91. The minimum Gasteiger partial charge on any atom is -0.383 e. The van der Waals surface area contributed by atoms with E-state index < -0.39 is 0 Å². The second-order valence-corrected chi connectivity index (χ2v) is 3.46. The van der Waals surface area contributed by atoms with E-state index in [0.29, 0.717) is 5.82 Å². The summed E-state index contributed by atoms with van der Waals surface area (Å²) in [5.74, 6) is 0.920. The van der Waals surface area contributed by atoms with Crippen LogP contribution in [0.25, 0.3) is 0 Å². The molecule has 5 heteroatoms. The number of H-pyrrole nitrogens is 1. The van der Waals surface area contributed by atoms with E-state index in [-0.39, 0.29) is 23.4 Å². The molecule has 1 unspecified atom stereocenters. The molecule has 0 saturated heterocycles. The lowest BCUT2D eigenvalue weighted by Crippen LogP contribution is -2.19. The zero-order chi connectivity index (χ0) is 10.7. The zero-order valence-corrected chi connectivity index (χ0v) is 8.57. The number of nitrogens with zero attached hydrogens (tertiary/aromatic N) is 1. The second kappa shape index (κ2) is 4.23. The molecule has 5 nitrogen and oxygen atoms in total. The first kappa shape index (κ1) is 10.7. The number of nitrogen functional groups attached to an aromatic ring is 1. The van der Waals surface area contributed by atoms with Crippen LogP contribution in [-0.2, 0) is 4.74 Å². The zero-order valence-electron chi connectivity index (χ0n) is 8.57. The highest BCUT2D eigenvalue weighted by molar-refractivity contribution is 5.25. The fourth-order valence-electron chi connectivity index (χ4n) is 1.33. The SMILES string of the molecule is COC(c1nc(N)cc(=O)[nH]1)C(C)C. The Morgan fingerprint density at radius 1 is 1.57 bits per heavy atom. The number of ether oxygens (including phenoxy) is 1. The average molecular weight is 197 g/mol. The highest BCUT2D eigenvalue weighted by atomic mass is 16.5. The molecule has 0 aromatic carbocycles. The number of methoxy groups -OCH3 is 1. The highest BCUT2D eigenvalue weighted by Crippen LogP contribution is 2.20. The minimum absolute atomic E-state index is 0.214. The summed E-state index contributed by atoms with van der Waals surface area (Å²) in [6.07, 6.45) is -0.230. The Morgan fingerprint density at radius 2 is 2.21 bits per heavy atom. The van der Waals surface area contributed by atoms with Crippen molar-refractivity contribution in [1.82, 2.24) is 9.97 Å². The Labute approximate surface area is 82.3 Å². The van der Waals surface area contributed by atoms with Gasteiger partial charge >= 0.3 is 0 Å². The van der Waals surface area contributed by atoms with Gasteiger partial charge in [-0.2, -0.15) is 0 Å². The van der Waals surface area contributed by atoms with Gasteiger partial charge in [-0.25, -0.2) is 4.98 Å². The van der Waals surface area contributed by atoms with E-state index in [1.165, 1.54) is 6.07 Å². The topological polar surface area (TPSA) is 81.0 Å². The first-order valence-electron chi connectivity index (χ1n) is 4.44. The van der Waals surface area contributed by atoms with Gasteiger partial charge in [-0.05, 0) is 5.92 Å². The normalized spacial score (nSPS) is 13.1. The molecule has 1 rings (SSSR count). The molecule has 0 aliphatic heterocycles. The van der Waals surface area contributed by atoms with Crippen LogP contribution in [-0.4, -0.2) is 17.1 Å². The first-order valence-corrected chi connectivity index (χ1v) is 4.44. The number of nitrogens with one attached hydrogen (secondary N) is 1. The molecule has 0 saturated carbocycles. The minimum atomic E-state index is -0.254. The lowest BCUT2D eigenvalue weighted by molar-refractivity contribution is 0.0574. The Morgan fingerprint density at radius 3 is 2.64 bits per heavy atom. The van der Waals surface area contributed by atoms with E-state index in [1.807, 2.05) is 13.8 Å². The molecule has 1 atom stereocenters. The summed E-state index contributed by atoms with van der Waals surface area (Å²) >= 11 is 0. The van der Waals surface area contributed by atoms with Crippen LogP contribution in [0.3, 0.4) is 0 Å². The number of rotatable bonds is 3. The molecular formula is C9H15N3O2. The Kier molecular flexibility index (Phi) is 3.24. The van der Waals surface area contributed by atoms with Gasteiger partial charge in [0.2, 0.25) is 0 Å². The summed E-state index contributed by atoms with van der Waals surface area (Å²) in [7, 11) is 1.58. The van der Waals surface area contributed by atoms with Gasteiger partial charge in [0.05, 0.1) is 0 Å². The molecule has 78 valence electrons. The van der Waals surface area contributed by atoms with Crippen molar-refractivity contribution in [2.75, 3.05) is 12.8 Å². The number of hydrogen-bond acceptors (Lipinski definition) is 4. The van der Waals surface area contributed by atoms with Gasteiger partial charge in [0, 0.05) is 13.2 Å². The maximum Gasteiger partial charge on any atom is 0.253 e. The molecule has 0 bridgehead atoms. The third kappa shape index (κ3) is 2.32. The third-order valence-electron chi connectivity index (χ3n) is 1.91. The quantitative estimate of drug-likeness (QED) is 0.747. The highest BCUT2D eigenvalue weighted by Gasteiger charge is 2.17. The summed E-state index contributed by atoms with van der Waals surface area (Å²) < 4.78 is 5.22. The van der Waals surface area contributed by atoms with E-state index in [2.05, 4.69) is 9.97 Å². The van der Waals surface area contributed by atoms with Gasteiger partial charge in [0.15, 0.2) is 0 Å². The molecule has 1 aromatic heterocycles. The molecule has 0 aliphatic rings. The first-order chi connectivity index (χ1) is 6.54.